The fourth-order valence-electron chi connectivity index (χ4n) is 1.77. The summed E-state index contributed by atoms with van der Waals surface area (Å²) < 4.78 is 5.87. The Morgan fingerprint density at radius 2 is 2.28 bits per heavy atom. The van der Waals surface area contributed by atoms with E-state index < -0.39 is 10.7 Å². The second-order valence-electron chi connectivity index (χ2n) is 4.76. The maximum atomic E-state index is 11.1. The van der Waals surface area contributed by atoms with Crippen LogP contribution in [0.15, 0.2) is 16.6 Å². The van der Waals surface area contributed by atoms with Gasteiger partial charge in [0.1, 0.15) is 10.5 Å². The van der Waals surface area contributed by atoms with Gasteiger partial charge in [0.05, 0.1) is 6.61 Å². The van der Waals surface area contributed by atoms with Crippen LogP contribution in [-0.4, -0.2) is 22.4 Å². The van der Waals surface area contributed by atoms with Crippen molar-refractivity contribution in [3.05, 3.63) is 27.7 Å². The van der Waals surface area contributed by atoms with Gasteiger partial charge in [0.15, 0.2) is 0 Å². The molecule has 1 N–H and O–H groups in total. The zero-order valence-corrected chi connectivity index (χ0v) is 12.7. The summed E-state index contributed by atoms with van der Waals surface area (Å²) >= 11 is 4.90. The molecule has 18 heavy (non-hydrogen) atoms. The number of halogens is 1. The number of carbonyl (C=O) groups is 1. The van der Waals surface area contributed by atoms with Gasteiger partial charge in [0.2, 0.25) is 0 Å². The number of carboxylic acid groups (broad SMARTS) is 1. The van der Waals surface area contributed by atoms with Gasteiger partial charge in [0, 0.05) is 22.2 Å². The molecule has 0 amide bonds. The first-order chi connectivity index (χ1) is 8.40. The molecule has 0 saturated carbocycles. The molecule has 1 aliphatic heterocycles. The molecule has 0 unspecified atom stereocenters. The van der Waals surface area contributed by atoms with Gasteiger partial charge >= 0.3 is 5.97 Å². The van der Waals surface area contributed by atoms with E-state index in [0.29, 0.717) is 12.4 Å². The Kier molecular flexibility index (Phi) is 3.92. The standard InChI is InChI=1S/C13H15BrO3S/c1-13(2,12(15)16)18-7-9-6-10(14)5-8-3-4-17-11(8)9/h5-6H,3-4,7H2,1-2H3,(H,15,16). The highest BCUT2D eigenvalue weighted by atomic mass is 79.9. The van der Waals surface area contributed by atoms with Crippen molar-refractivity contribution in [3.8, 4) is 5.75 Å². The van der Waals surface area contributed by atoms with Crippen LogP contribution in [0.5, 0.6) is 5.75 Å². The van der Waals surface area contributed by atoms with Crippen LogP contribution < -0.4 is 4.74 Å². The molecule has 0 saturated heterocycles. The number of fused-ring (bicyclic) bond motifs is 1. The minimum absolute atomic E-state index is 0.640. The maximum absolute atomic E-state index is 11.1. The molecular formula is C13H15BrO3S. The molecule has 1 heterocycles. The van der Waals surface area contributed by atoms with Crippen LogP contribution in [0.4, 0.5) is 0 Å². The highest BCUT2D eigenvalue weighted by molar-refractivity contribution is 9.10. The van der Waals surface area contributed by atoms with Crippen LogP contribution in [0.2, 0.25) is 0 Å². The van der Waals surface area contributed by atoms with Crippen LogP contribution in [0, 0.1) is 0 Å². The molecule has 1 aliphatic rings. The number of carboxylic acids is 1. The average Bonchev–Trinajstić information content (AvgIpc) is 2.73. The van der Waals surface area contributed by atoms with E-state index in [1.54, 1.807) is 13.8 Å². The lowest BCUT2D eigenvalue weighted by Gasteiger charge is -2.19. The fourth-order valence-corrected chi connectivity index (χ4v) is 3.18. The zero-order valence-electron chi connectivity index (χ0n) is 10.3. The van der Waals surface area contributed by atoms with Crippen LogP contribution in [-0.2, 0) is 17.0 Å². The van der Waals surface area contributed by atoms with Crippen molar-refractivity contribution in [1.82, 2.24) is 0 Å². The van der Waals surface area contributed by atoms with Gasteiger partial charge in [-0.05, 0) is 31.5 Å². The van der Waals surface area contributed by atoms with Crippen LogP contribution >= 0.6 is 27.7 Å². The minimum Gasteiger partial charge on any atom is -0.493 e. The normalized spacial score (nSPS) is 14.2. The predicted octanol–water partition coefficient (Wildman–Crippen LogP) is 3.48. The van der Waals surface area contributed by atoms with Crippen molar-refractivity contribution in [2.45, 2.75) is 30.8 Å². The Labute approximate surface area is 119 Å². The smallest absolute Gasteiger partial charge is 0.319 e. The summed E-state index contributed by atoms with van der Waals surface area (Å²) in [6.07, 6.45) is 0.925. The lowest BCUT2D eigenvalue weighted by molar-refractivity contribution is -0.138. The predicted molar refractivity (Wildman–Crippen MR) is 76.4 cm³/mol. The number of ether oxygens (including phenoxy) is 1. The van der Waals surface area contributed by atoms with Gasteiger partial charge in [-0.1, -0.05) is 15.9 Å². The minimum atomic E-state index is -0.792. The van der Waals surface area contributed by atoms with Crippen molar-refractivity contribution in [2.24, 2.45) is 0 Å². The van der Waals surface area contributed by atoms with E-state index in [2.05, 4.69) is 22.0 Å². The molecule has 0 bridgehead atoms. The topological polar surface area (TPSA) is 46.5 Å². The highest BCUT2D eigenvalue weighted by Gasteiger charge is 2.28. The van der Waals surface area contributed by atoms with Crippen molar-refractivity contribution in [3.63, 3.8) is 0 Å². The van der Waals surface area contributed by atoms with Gasteiger partial charge in [-0.2, -0.15) is 0 Å². The van der Waals surface area contributed by atoms with Gasteiger partial charge in [-0.15, -0.1) is 11.8 Å². The van der Waals surface area contributed by atoms with E-state index in [-0.39, 0.29) is 0 Å². The van der Waals surface area contributed by atoms with E-state index in [1.165, 1.54) is 17.3 Å². The third-order valence-corrected chi connectivity index (χ3v) is 4.74. The van der Waals surface area contributed by atoms with Gasteiger partial charge in [-0.25, -0.2) is 0 Å². The molecule has 0 spiro atoms. The van der Waals surface area contributed by atoms with E-state index in [0.717, 1.165) is 22.2 Å². The number of hydrogen-bond acceptors (Lipinski definition) is 3. The van der Waals surface area contributed by atoms with E-state index in [9.17, 15) is 4.79 Å². The molecule has 2 rings (SSSR count). The van der Waals surface area contributed by atoms with Crippen LogP contribution in [0.3, 0.4) is 0 Å². The molecule has 98 valence electrons. The molecule has 0 atom stereocenters. The number of rotatable bonds is 4. The molecule has 5 heteroatoms. The SMILES string of the molecule is CC(C)(SCc1cc(Br)cc2c1OCC2)C(=O)O. The Hall–Kier alpha value is -0.680. The summed E-state index contributed by atoms with van der Waals surface area (Å²) in [6, 6.07) is 4.08. The number of thioether (sulfide) groups is 1. The van der Waals surface area contributed by atoms with Gasteiger partial charge < -0.3 is 9.84 Å². The molecular weight excluding hydrogens is 316 g/mol. The lowest BCUT2D eigenvalue weighted by Crippen LogP contribution is -2.27. The monoisotopic (exact) mass is 330 g/mol. The second kappa shape index (κ2) is 5.13. The van der Waals surface area contributed by atoms with Crippen molar-refractivity contribution in [2.75, 3.05) is 6.61 Å². The first kappa shape index (κ1) is 13.7. The van der Waals surface area contributed by atoms with Gasteiger partial charge in [0.25, 0.3) is 0 Å². The van der Waals surface area contributed by atoms with Crippen molar-refractivity contribution >= 4 is 33.7 Å². The third kappa shape index (κ3) is 2.83. The first-order valence-electron chi connectivity index (χ1n) is 5.71. The summed E-state index contributed by atoms with van der Waals surface area (Å²) in [5.41, 5.74) is 2.27. The van der Waals surface area contributed by atoms with Gasteiger partial charge in [-0.3, -0.25) is 4.79 Å². The maximum Gasteiger partial charge on any atom is 0.319 e. The Morgan fingerprint density at radius 3 is 2.94 bits per heavy atom. The summed E-state index contributed by atoms with van der Waals surface area (Å²) in [4.78, 5) is 11.1. The summed E-state index contributed by atoms with van der Waals surface area (Å²) in [7, 11) is 0. The molecule has 1 aromatic carbocycles. The number of hydrogen-bond donors (Lipinski definition) is 1. The van der Waals surface area contributed by atoms with Crippen LogP contribution in [0.25, 0.3) is 0 Å². The van der Waals surface area contributed by atoms with E-state index >= 15 is 0 Å². The third-order valence-electron chi connectivity index (χ3n) is 2.93. The Balaban J connectivity index is 2.18. The van der Waals surface area contributed by atoms with E-state index in [4.69, 9.17) is 9.84 Å². The lowest BCUT2D eigenvalue weighted by atomic mass is 10.1. The highest BCUT2D eigenvalue weighted by Crippen LogP contribution is 2.37. The molecule has 0 fully saturated rings. The number of aliphatic carboxylic acids is 1. The van der Waals surface area contributed by atoms with Crippen LogP contribution in [0.1, 0.15) is 25.0 Å². The van der Waals surface area contributed by atoms with E-state index in [1.807, 2.05) is 6.07 Å². The first-order valence-corrected chi connectivity index (χ1v) is 7.49. The summed E-state index contributed by atoms with van der Waals surface area (Å²) in [5.74, 6) is 0.785. The fraction of sp³-hybridized carbons (Fsp3) is 0.462. The molecule has 3 nitrogen and oxygen atoms in total. The Bertz CT molecular complexity index is 485. The Morgan fingerprint density at radius 1 is 1.56 bits per heavy atom. The average molecular weight is 331 g/mol. The molecule has 0 aromatic heterocycles. The van der Waals surface area contributed by atoms with Crippen molar-refractivity contribution < 1.29 is 14.6 Å². The second-order valence-corrected chi connectivity index (χ2v) is 7.27. The largest absolute Gasteiger partial charge is 0.493 e. The molecule has 1 aromatic rings. The summed E-state index contributed by atoms with van der Waals surface area (Å²) in [6.45, 7) is 4.16. The zero-order chi connectivity index (χ0) is 13.3. The summed E-state index contributed by atoms with van der Waals surface area (Å²) in [5, 5.41) is 9.11. The number of benzene rings is 1. The molecule has 0 radical (unpaired) electrons. The quantitative estimate of drug-likeness (QED) is 0.918. The van der Waals surface area contributed by atoms with Crippen molar-refractivity contribution in [1.29, 1.82) is 0 Å². The molecule has 0 aliphatic carbocycles.